The fourth-order valence-electron chi connectivity index (χ4n) is 1.85. The van der Waals surface area contributed by atoms with Crippen molar-refractivity contribution >= 4 is 25.6 Å². The van der Waals surface area contributed by atoms with Crippen LogP contribution in [-0.2, 0) is 13.8 Å². The number of halogens is 2. The first-order chi connectivity index (χ1) is 9.72. The number of likely N-dealkylation sites (N-methyl/N-ethyl adjacent to an activating group) is 1. The van der Waals surface area contributed by atoms with Gasteiger partial charge in [0.15, 0.2) is 0 Å². The van der Waals surface area contributed by atoms with Crippen molar-refractivity contribution in [1.29, 1.82) is 0 Å². The van der Waals surface area contributed by atoms with E-state index in [1.165, 1.54) is 18.9 Å². The van der Waals surface area contributed by atoms with E-state index in [0.717, 1.165) is 12.1 Å². The van der Waals surface area contributed by atoms with Gasteiger partial charge < -0.3 is 9.64 Å². The maximum atomic E-state index is 14.0. The molecule has 118 valence electrons. The van der Waals surface area contributed by atoms with Gasteiger partial charge in [0.05, 0.1) is 17.1 Å². The Hall–Kier alpha value is -1.18. The van der Waals surface area contributed by atoms with Crippen molar-refractivity contribution in [3.05, 3.63) is 29.1 Å². The van der Waals surface area contributed by atoms with Crippen LogP contribution in [0.1, 0.15) is 22.8 Å². The van der Waals surface area contributed by atoms with Gasteiger partial charge >= 0.3 is 0 Å². The highest BCUT2D eigenvalue weighted by molar-refractivity contribution is 8.13. The molecule has 1 rings (SSSR count). The van der Waals surface area contributed by atoms with E-state index in [4.69, 9.17) is 15.4 Å². The molecular weight excluding hydrogens is 321 g/mol. The lowest BCUT2D eigenvalue weighted by Crippen LogP contribution is -2.34. The molecule has 21 heavy (non-hydrogen) atoms. The van der Waals surface area contributed by atoms with Crippen LogP contribution in [0, 0.1) is 12.7 Å². The summed E-state index contributed by atoms with van der Waals surface area (Å²) < 4.78 is 41.8. The Morgan fingerprint density at radius 3 is 2.52 bits per heavy atom. The number of ether oxygens (including phenoxy) is 1. The van der Waals surface area contributed by atoms with Gasteiger partial charge in [-0.3, -0.25) is 4.79 Å². The van der Waals surface area contributed by atoms with Crippen LogP contribution >= 0.6 is 10.7 Å². The number of hydrogen-bond donors (Lipinski definition) is 0. The van der Waals surface area contributed by atoms with E-state index < -0.39 is 20.8 Å². The lowest BCUT2D eigenvalue weighted by atomic mass is 10.1. The Labute approximate surface area is 128 Å². The highest BCUT2D eigenvalue weighted by Crippen LogP contribution is 2.24. The molecule has 8 heteroatoms. The average Bonchev–Trinajstić information content (AvgIpc) is 2.37. The predicted octanol–water partition coefficient (Wildman–Crippen LogP) is 2.17. The largest absolute Gasteiger partial charge is 0.383 e. The van der Waals surface area contributed by atoms with Crippen LogP contribution in [-0.4, -0.2) is 46.0 Å². The summed E-state index contributed by atoms with van der Waals surface area (Å²) in [6, 6.07) is 1.97. The number of methoxy groups -OCH3 is 1. The number of amides is 1. The number of carbonyl (C=O) groups is 1. The molecule has 0 bridgehead atoms. The number of hydrogen-bond acceptors (Lipinski definition) is 4. The van der Waals surface area contributed by atoms with Crippen LogP contribution in [0.15, 0.2) is 17.0 Å². The molecule has 5 nitrogen and oxygen atoms in total. The lowest BCUT2D eigenvalue weighted by Gasteiger charge is -2.21. The summed E-state index contributed by atoms with van der Waals surface area (Å²) >= 11 is 0. The predicted molar refractivity (Wildman–Crippen MR) is 77.6 cm³/mol. The van der Waals surface area contributed by atoms with Crippen LogP contribution in [0.2, 0.25) is 0 Å². The zero-order valence-electron chi connectivity index (χ0n) is 12.0. The summed E-state index contributed by atoms with van der Waals surface area (Å²) in [5.74, 6) is -1.38. The van der Waals surface area contributed by atoms with Gasteiger partial charge in [-0.15, -0.1) is 0 Å². The summed E-state index contributed by atoms with van der Waals surface area (Å²) in [4.78, 5) is 13.4. The third-order valence-corrected chi connectivity index (χ3v) is 4.46. The van der Waals surface area contributed by atoms with Crippen molar-refractivity contribution in [2.75, 3.05) is 26.8 Å². The van der Waals surface area contributed by atoms with Gasteiger partial charge in [0.1, 0.15) is 5.82 Å². The molecule has 0 aliphatic heterocycles. The number of rotatable bonds is 6. The molecule has 0 aliphatic carbocycles. The second-order valence-corrected chi connectivity index (χ2v) is 6.95. The Morgan fingerprint density at radius 2 is 2.05 bits per heavy atom. The molecule has 0 heterocycles. The molecule has 0 spiro atoms. The number of aryl methyl sites for hydroxylation is 1. The molecular formula is C13H17ClFNO4S. The van der Waals surface area contributed by atoms with E-state index in [2.05, 4.69) is 0 Å². The standard InChI is InChI=1S/C13H17ClFNO4S/c1-4-16(5-6-20-3)13(17)10-8-12(21(14,18)19)9(2)7-11(10)15/h7-8H,4-6H2,1-3H3. The van der Waals surface area contributed by atoms with E-state index in [1.54, 1.807) is 6.92 Å². The SMILES string of the molecule is CCN(CCOC)C(=O)c1cc(S(=O)(=O)Cl)c(C)cc1F. The molecule has 0 aromatic heterocycles. The zero-order valence-corrected chi connectivity index (χ0v) is 13.6. The normalized spacial score (nSPS) is 11.5. The molecule has 0 N–H and O–H groups in total. The van der Waals surface area contributed by atoms with Gasteiger partial charge in [0.2, 0.25) is 0 Å². The van der Waals surface area contributed by atoms with Crippen LogP contribution in [0.3, 0.4) is 0 Å². The molecule has 0 saturated heterocycles. The number of benzene rings is 1. The molecule has 0 radical (unpaired) electrons. The van der Waals surface area contributed by atoms with Gasteiger partial charge in [-0.2, -0.15) is 0 Å². The van der Waals surface area contributed by atoms with Crippen molar-refractivity contribution in [3.63, 3.8) is 0 Å². The maximum absolute atomic E-state index is 14.0. The minimum Gasteiger partial charge on any atom is -0.383 e. The lowest BCUT2D eigenvalue weighted by molar-refractivity contribution is 0.0701. The Balaban J connectivity index is 3.26. The molecule has 0 aliphatic rings. The van der Waals surface area contributed by atoms with Crippen molar-refractivity contribution in [3.8, 4) is 0 Å². The number of carbonyl (C=O) groups excluding carboxylic acids is 1. The van der Waals surface area contributed by atoms with Gasteiger partial charge in [0, 0.05) is 30.9 Å². The topological polar surface area (TPSA) is 63.7 Å². The molecule has 0 fully saturated rings. The minimum atomic E-state index is -4.05. The highest BCUT2D eigenvalue weighted by Gasteiger charge is 2.23. The number of nitrogens with zero attached hydrogens (tertiary/aromatic N) is 1. The summed E-state index contributed by atoms with van der Waals surface area (Å²) in [5.41, 5.74) is -0.170. The monoisotopic (exact) mass is 337 g/mol. The van der Waals surface area contributed by atoms with E-state index in [-0.39, 0.29) is 22.6 Å². The minimum absolute atomic E-state index is 0.152. The van der Waals surface area contributed by atoms with E-state index in [0.29, 0.717) is 13.2 Å². The second-order valence-electron chi connectivity index (χ2n) is 4.41. The molecule has 1 aromatic carbocycles. The first-order valence-corrected chi connectivity index (χ1v) is 8.56. The average molecular weight is 338 g/mol. The molecule has 0 unspecified atom stereocenters. The maximum Gasteiger partial charge on any atom is 0.261 e. The quantitative estimate of drug-likeness (QED) is 0.746. The highest BCUT2D eigenvalue weighted by atomic mass is 35.7. The Kier molecular flexibility index (Phi) is 6.12. The summed E-state index contributed by atoms with van der Waals surface area (Å²) in [5, 5.41) is 0. The van der Waals surface area contributed by atoms with Gasteiger partial charge in [0.25, 0.3) is 15.0 Å². The van der Waals surface area contributed by atoms with Crippen LogP contribution < -0.4 is 0 Å². The second kappa shape index (κ2) is 7.20. The fraction of sp³-hybridized carbons (Fsp3) is 0.462. The first kappa shape index (κ1) is 17.9. The fourth-order valence-corrected chi connectivity index (χ4v) is 3.06. The molecule has 0 saturated carbocycles. The van der Waals surface area contributed by atoms with Crippen LogP contribution in [0.25, 0.3) is 0 Å². The first-order valence-electron chi connectivity index (χ1n) is 6.25. The Morgan fingerprint density at radius 1 is 1.43 bits per heavy atom. The molecule has 1 aromatic rings. The van der Waals surface area contributed by atoms with E-state index >= 15 is 0 Å². The summed E-state index contributed by atoms with van der Waals surface area (Å²) in [6.07, 6.45) is 0. The molecule has 1 amide bonds. The summed E-state index contributed by atoms with van der Waals surface area (Å²) in [6.45, 7) is 4.07. The molecule has 0 atom stereocenters. The van der Waals surface area contributed by atoms with Crippen LogP contribution in [0.5, 0.6) is 0 Å². The van der Waals surface area contributed by atoms with Crippen molar-refractivity contribution in [2.24, 2.45) is 0 Å². The van der Waals surface area contributed by atoms with E-state index in [1.807, 2.05) is 0 Å². The van der Waals surface area contributed by atoms with Crippen molar-refractivity contribution in [2.45, 2.75) is 18.7 Å². The third-order valence-electron chi connectivity index (χ3n) is 2.99. The smallest absolute Gasteiger partial charge is 0.261 e. The Bertz CT molecular complexity index is 633. The third kappa shape index (κ3) is 4.39. The van der Waals surface area contributed by atoms with Gasteiger partial charge in [-0.25, -0.2) is 12.8 Å². The van der Waals surface area contributed by atoms with Crippen molar-refractivity contribution < 1.29 is 22.3 Å². The van der Waals surface area contributed by atoms with E-state index in [9.17, 15) is 17.6 Å². The van der Waals surface area contributed by atoms with Crippen molar-refractivity contribution in [1.82, 2.24) is 4.90 Å². The zero-order chi connectivity index (χ0) is 16.2. The van der Waals surface area contributed by atoms with Gasteiger partial charge in [-0.05, 0) is 31.5 Å². The van der Waals surface area contributed by atoms with Crippen LogP contribution in [0.4, 0.5) is 4.39 Å². The van der Waals surface area contributed by atoms with Gasteiger partial charge in [-0.1, -0.05) is 0 Å². The summed E-state index contributed by atoms with van der Waals surface area (Å²) in [7, 11) is 2.74.